The predicted molar refractivity (Wildman–Crippen MR) is 62.4 cm³/mol. The zero-order valence-corrected chi connectivity index (χ0v) is 9.87. The quantitative estimate of drug-likeness (QED) is 0.764. The Balaban J connectivity index is 2.21. The van der Waals surface area contributed by atoms with Gasteiger partial charge in [-0.25, -0.2) is 4.39 Å². The van der Waals surface area contributed by atoms with Crippen molar-refractivity contribution in [3.05, 3.63) is 29.6 Å². The highest BCUT2D eigenvalue weighted by atomic mass is 19.1. The molecule has 2 rings (SSSR count). The van der Waals surface area contributed by atoms with Crippen molar-refractivity contribution in [3.63, 3.8) is 0 Å². The van der Waals surface area contributed by atoms with Gasteiger partial charge in [-0.2, -0.15) is 0 Å². The van der Waals surface area contributed by atoms with Gasteiger partial charge in [0.05, 0.1) is 7.11 Å². The van der Waals surface area contributed by atoms with Gasteiger partial charge in [0, 0.05) is 5.56 Å². The minimum atomic E-state index is -0.172. The number of ether oxygens (including phenoxy) is 1. The zero-order chi connectivity index (χ0) is 11.5. The molecule has 0 aromatic heterocycles. The zero-order valence-electron chi connectivity index (χ0n) is 9.87. The van der Waals surface area contributed by atoms with Crippen molar-refractivity contribution in [2.24, 2.45) is 0 Å². The number of nitrogens with zero attached hydrogens (tertiary/aromatic N) is 1. The van der Waals surface area contributed by atoms with Crippen LogP contribution in [0.15, 0.2) is 18.2 Å². The molecule has 1 aliphatic rings. The molecule has 2 nitrogen and oxygen atoms in total. The van der Waals surface area contributed by atoms with Crippen LogP contribution in [0.2, 0.25) is 0 Å². The predicted octanol–water partition coefficient (Wildman–Crippen LogP) is 2.64. The van der Waals surface area contributed by atoms with E-state index in [1.54, 1.807) is 19.2 Å². The summed E-state index contributed by atoms with van der Waals surface area (Å²) in [6.07, 6.45) is 2.16. The van der Waals surface area contributed by atoms with Crippen LogP contribution in [-0.2, 0) is 0 Å². The van der Waals surface area contributed by atoms with E-state index >= 15 is 0 Å². The molecule has 0 amide bonds. The third kappa shape index (κ3) is 2.35. The van der Waals surface area contributed by atoms with Crippen molar-refractivity contribution in [2.75, 3.05) is 27.2 Å². The van der Waals surface area contributed by atoms with Crippen LogP contribution in [-0.4, -0.2) is 32.1 Å². The second-order valence-corrected chi connectivity index (χ2v) is 4.46. The van der Waals surface area contributed by atoms with E-state index in [-0.39, 0.29) is 5.82 Å². The van der Waals surface area contributed by atoms with E-state index in [0.29, 0.717) is 5.92 Å². The molecule has 0 spiro atoms. The van der Waals surface area contributed by atoms with Crippen LogP contribution in [0, 0.1) is 5.82 Å². The van der Waals surface area contributed by atoms with Gasteiger partial charge in [0.1, 0.15) is 11.6 Å². The lowest BCUT2D eigenvalue weighted by molar-refractivity contribution is 0.252. The molecule has 0 bridgehead atoms. The molecule has 0 aliphatic carbocycles. The molecule has 1 aliphatic heterocycles. The molecule has 0 saturated carbocycles. The third-order valence-corrected chi connectivity index (χ3v) is 3.35. The molecule has 0 N–H and O–H groups in total. The number of piperidine rings is 1. The molecule has 1 aromatic carbocycles. The van der Waals surface area contributed by atoms with Gasteiger partial charge < -0.3 is 9.64 Å². The van der Waals surface area contributed by atoms with Crippen molar-refractivity contribution >= 4 is 0 Å². The Kier molecular flexibility index (Phi) is 3.44. The average Bonchev–Trinajstić information content (AvgIpc) is 2.30. The molecule has 0 radical (unpaired) electrons. The summed E-state index contributed by atoms with van der Waals surface area (Å²) in [6, 6.07) is 4.80. The lowest BCUT2D eigenvalue weighted by atomic mass is 9.89. The number of halogens is 1. The lowest BCUT2D eigenvalue weighted by Crippen LogP contribution is -2.29. The highest BCUT2D eigenvalue weighted by Gasteiger charge is 2.21. The van der Waals surface area contributed by atoms with Crippen LogP contribution in [0.5, 0.6) is 5.75 Å². The van der Waals surface area contributed by atoms with Gasteiger partial charge in [0.25, 0.3) is 0 Å². The molecule has 0 unspecified atom stereocenters. The normalized spacial score (nSPS) is 18.7. The SMILES string of the molecule is COc1ccc(F)cc1C1CCN(C)CC1. The largest absolute Gasteiger partial charge is 0.496 e. The summed E-state index contributed by atoms with van der Waals surface area (Å²) < 4.78 is 18.5. The van der Waals surface area contributed by atoms with E-state index < -0.39 is 0 Å². The summed E-state index contributed by atoms with van der Waals surface area (Å²) in [5.74, 6) is 1.08. The first kappa shape index (κ1) is 11.4. The van der Waals surface area contributed by atoms with E-state index in [1.807, 2.05) is 0 Å². The molecule has 88 valence electrons. The Morgan fingerprint density at radius 2 is 2.00 bits per heavy atom. The molecule has 1 heterocycles. The highest BCUT2D eigenvalue weighted by molar-refractivity contribution is 5.37. The van der Waals surface area contributed by atoms with Gasteiger partial charge >= 0.3 is 0 Å². The Bertz CT molecular complexity index is 359. The minimum Gasteiger partial charge on any atom is -0.496 e. The van der Waals surface area contributed by atoms with E-state index in [0.717, 1.165) is 37.2 Å². The Hall–Kier alpha value is -1.09. The molecular formula is C13H18FNO. The van der Waals surface area contributed by atoms with Crippen molar-refractivity contribution in [1.29, 1.82) is 0 Å². The Morgan fingerprint density at radius 1 is 1.31 bits per heavy atom. The Labute approximate surface area is 96.0 Å². The molecule has 3 heteroatoms. The van der Waals surface area contributed by atoms with E-state index in [4.69, 9.17) is 4.74 Å². The molecule has 1 fully saturated rings. The highest BCUT2D eigenvalue weighted by Crippen LogP contribution is 2.34. The summed E-state index contributed by atoms with van der Waals surface area (Å²) >= 11 is 0. The van der Waals surface area contributed by atoms with E-state index in [9.17, 15) is 4.39 Å². The fourth-order valence-electron chi connectivity index (χ4n) is 2.34. The third-order valence-electron chi connectivity index (χ3n) is 3.35. The molecule has 1 aromatic rings. The van der Waals surface area contributed by atoms with E-state index in [1.165, 1.54) is 6.07 Å². The van der Waals surface area contributed by atoms with Crippen LogP contribution >= 0.6 is 0 Å². The van der Waals surface area contributed by atoms with Crippen molar-refractivity contribution in [1.82, 2.24) is 4.90 Å². The molecule has 0 atom stereocenters. The maximum Gasteiger partial charge on any atom is 0.123 e. The summed E-state index contributed by atoms with van der Waals surface area (Å²) in [5, 5.41) is 0. The number of methoxy groups -OCH3 is 1. The topological polar surface area (TPSA) is 12.5 Å². The van der Waals surface area contributed by atoms with Gasteiger partial charge in [-0.05, 0) is 57.1 Å². The number of likely N-dealkylation sites (tertiary alicyclic amines) is 1. The molecule has 16 heavy (non-hydrogen) atoms. The van der Waals surface area contributed by atoms with Crippen molar-refractivity contribution < 1.29 is 9.13 Å². The van der Waals surface area contributed by atoms with Crippen LogP contribution in [0.25, 0.3) is 0 Å². The first-order chi connectivity index (χ1) is 7.70. The minimum absolute atomic E-state index is 0.172. The lowest BCUT2D eigenvalue weighted by Gasteiger charge is -2.29. The molecular weight excluding hydrogens is 205 g/mol. The van der Waals surface area contributed by atoms with Gasteiger partial charge in [-0.15, -0.1) is 0 Å². The van der Waals surface area contributed by atoms with Crippen LogP contribution in [0.3, 0.4) is 0 Å². The van der Waals surface area contributed by atoms with Gasteiger partial charge in [-0.3, -0.25) is 0 Å². The second-order valence-electron chi connectivity index (χ2n) is 4.46. The fraction of sp³-hybridized carbons (Fsp3) is 0.538. The van der Waals surface area contributed by atoms with Gasteiger partial charge in [-0.1, -0.05) is 0 Å². The van der Waals surface area contributed by atoms with Gasteiger partial charge in [0.2, 0.25) is 0 Å². The summed E-state index contributed by atoms with van der Waals surface area (Å²) in [5.41, 5.74) is 1.02. The average molecular weight is 223 g/mol. The first-order valence-corrected chi connectivity index (χ1v) is 5.72. The van der Waals surface area contributed by atoms with E-state index in [2.05, 4.69) is 11.9 Å². The monoisotopic (exact) mass is 223 g/mol. The number of rotatable bonds is 2. The first-order valence-electron chi connectivity index (χ1n) is 5.72. The molecule has 1 saturated heterocycles. The van der Waals surface area contributed by atoms with Crippen LogP contribution in [0.4, 0.5) is 4.39 Å². The number of benzene rings is 1. The smallest absolute Gasteiger partial charge is 0.123 e. The fourth-order valence-corrected chi connectivity index (χ4v) is 2.34. The summed E-state index contributed by atoms with van der Waals surface area (Å²) in [6.45, 7) is 2.15. The number of hydrogen-bond donors (Lipinski definition) is 0. The van der Waals surface area contributed by atoms with Crippen LogP contribution in [0.1, 0.15) is 24.3 Å². The van der Waals surface area contributed by atoms with Crippen LogP contribution < -0.4 is 4.74 Å². The summed E-state index contributed by atoms with van der Waals surface area (Å²) in [7, 11) is 3.77. The Morgan fingerprint density at radius 3 is 2.62 bits per heavy atom. The maximum absolute atomic E-state index is 13.2. The summed E-state index contributed by atoms with van der Waals surface area (Å²) in [4.78, 5) is 2.31. The second kappa shape index (κ2) is 4.83. The van der Waals surface area contributed by atoms with Crippen molar-refractivity contribution in [3.8, 4) is 5.75 Å². The van der Waals surface area contributed by atoms with Gasteiger partial charge in [0.15, 0.2) is 0 Å². The maximum atomic E-state index is 13.2. The number of hydrogen-bond acceptors (Lipinski definition) is 2. The standard InChI is InChI=1S/C13H18FNO/c1-15-7-5-10(6-8-15)12-9-11(14)3-4-13(12)16-2/h3-4,9-10H,5-8H2,1-2H3. The van der Waals surface area contributed by atoms with Crippen molar-refractivity contribution in [2.45, 2.75) is 18.8 Å².